The van der Waals surface area contributed by atoms with Crippen LogP contribution in [0.3, 0.4) is 0 Å². The van der Waals surface area contributed by atoms with E-state index in [-0.39, 0.29) is 5.92 Å². The van der Waals surface area contributed by atoms with Crippen LogP contribution in [0.5, 0.6) is 0 Å². The lowest BCUT2D eigenvalue weighted by molar-refractivity contribution is -0.189. The van der Waals surface area contributed by atoms with Crippen molar-refractivity contribution >= 4 is 11.9 Å². The van der Waals surface area contributed by atoms with Gasteiger partial charge in [-0.3, -0.25) is 9.59 Å². The first-order valence-electron chi connectivity index (χ1n) is 5.93. The summed E-state index contributed by atoms with van der Waals surface area (Å²) < 4.78 is 22.9. The molecule has 1 unspecified atom stereocenters. The van der Waals surface area contributed by atoms with Crippen LogP contribution < -0.4 is 0 Å². The standard InChI is InChI=1S/C12H19FO4/c1-12(13,8-10(14)16-2)17-11(15)9-6-4-3-5-7-9/h9H,3-8H2,1-2H3. The fraction of sp³-hybridized carbons (Fsp3) is 0.833. The molecular formula is C12H19FO4. The fourth-order valence-electron chi connectivity index (χ4n) is 2.00. The van der Waals surface area contributed by atoms with Crippen LogP contribution in [0, 0.1) is 5.92 Å². The number of alkyl halides is 1. The maximum atomic E-state index is 13.8. The van der Waals surface area contributed by atoms with Crippen LogP contribution in [0.1, 0.15) is 45.4 Å². The summed E-state index contributed by atoms with van der Waals surface area (Å²) in [6, 6.07) is 0. The third-order valence-electron chi connectivity index (χ3n) is 2.94. The zero-order chi connectivity index (χ0) is 12.9. The van der Waals surface area contributed by atoms with E-state index in [9.17, 15) is 14.0 Å². The molecule has 1 aliphatic rings. The molecule has 0 bridgehead atoms. The van der Waals surface area contributed by atoms with E-state index in [4.69, 9.17) is 4.74 Å². The largest absolute Gasteiger partial charge is 0.469 e. The van der Waals surface area contributed by atoms with Crippen molar-refractivity contribution < 1.29 is 23.5 Å². The second kappa shape index (κ2) is 5.98. The van der Waals surface area contributed by atoms with Gasteiger partial charge in [-0.15, -0.1) is 0 Å². The Hall–Kier alpha value is -1.13. The van der Waals surface area contributed by atoms with Crippen molar-refractivity contribution in [3.8, 4) is 0 Å². The number of hydrogen-bond acceptors (Lipinski definition) is 4. The van der Waals surface area contributed by atoms with Crippen LogP contribution >= 0.6 is 0 Å². The van der Waals surface area contributed by atoms with Crippen molar-refractivity contribution in [1.29, 1.82) is 0 Å². The number of hydrogen-bond donors (Lipinski definition) is 0. The van der Waals surface area contributed by atoms with Crippen LogP contribution in [0.25, 0.3) is 0 Å². The SMILES string of the molecule is COC(=O)CC(C)(F)OC(=O)C1CCCCC1. The molecule has 0 spiro atoms. The monoisotopic (exact) mass is 246 g/mol. The van der Waals surface area contributed by atoms with Gasteiger partial charge in [-0.2, -0.15) is 4.39 Å². The Kier molecular flexibility index (Phi) is 4.90. The zero-order valence-corrected chi connectivity index (χ0v) is 10.3. The van der Waals surface area contributed by atoms with Gasteiger partial charge in [0.1, 0.15) is 6.42 Å². The van der Waals surface area contributed by atoms with Crippen molar-refractivity contribution in [3.63, 3.8) is 0 Å². The highest BCUT2D eigenvalue weighted by Gasteiger charge is 2.34. The first kappa shape index (κ1) is 13.9. The van der Waals surface area contributed by atoms with Crippen molar-refractivity contribution in [2.24, 2.45) is 5.92 Å². The van der Waals surface area contributed by atoms with Gasteiger partial charge >= 0.3 is 11.9 Å². The van der Waals surface area contributed by atoms with Gasteiger partial charge in [0.25, 0.3) is 5.85 Å². The molecule has 5 heteroatoms. The quantitative estimate of drug-likeness (QED) is 0.714. The van der Waals surface area contributed by atoms with Gasteiger partial charge in [0.2, 0.25) is 0 Å². The molecule has 0 aliphatic heterocycles. The molecule has 0 aromatic carbocycles. The van der Waals surface area contributed by atoms with Gasteiger partial charge in [-0.05, 0) is 12.8 Å². The third-order valence-corrected chi connectivity index (χ3v) is 2.94. The summed E-state index contributed by atoms with van der Waals surface area (Å²) in [6.07, 6.45) is 3.97. The van der Waals surface area contributed by atoms with E-state index in [1.807, 2.05) is 0 Å². The Morgan fingerprint density at radius 3 is 2.41 bits per heavy atom. The van der Waals surface area contributed by atoms with Crippen molar-refractivity contribution in [2.45, 2.75) is 51.3 Å². The number of carbonyl (C=O) groups excluding carboxylic acids is 2. The van der Waals surface area contributed by atoms with Crippen LogP contribution in [-0.4, -0.2) is 24.9 Å². The number of ether oxygens (including phenoxy) is 2. The Morgan fingerprint density at radius 2 is 1.88 bits per heavy atom. The van der Waals surface area contributed by atoms with Crippen molar-refractivity contribution in [2.75, 3.05) is 7.11 Å². The minimum Gasteiger partial charge on any atom is -0.469 e. The Morgan fingerprint density at radius 1 is 1.29 bits per heavy atom. The van der Waals surface area contributed by atoms with E-state index in [0.29, 0.717) is 0 Å². The Balaban J connectivity index is 2.45. The van der Waals surface area contributed by atoms with Crippen molar-refractivity contribution in [3.05, 3.63) is 0 Å². The molecule has 0 saturated heterocycles. The second-order valence-corrected chi connectivity index (χ2v) is 4.61. The molecule has 1 aliphatic carbocycles. The summed E-state index contributed by atoms with van der Waals surface area (Å²) in [6.45, 7) is 1.07. The summed E-state index contributed by atoms with van der Waals surface area (Å²) in [7, 11) is 1.17. The molecule has 1 atom stereocenters. The average molecular weight is 246 g/mol. The topological polar surface area (TPSA) is 52.6 Å². The van der Waals surface area contributed by atoms with E-state index < -0.39 is 24.2 Å². The molecule has 98 valence electrons. The molecule has 0 aromatic rings. The number of esters is 2. The third kappa shape index (κ3) is 4.71. The minimum atomic E-state index is -2.28. The molecule has 17 heavy (non-hydrogen) atoms. The van der Waals surface area contributed by atoms with Crippen molar-refractivity contribution in [1.82, 2.24) is 0 Å². The van der Waals surface area contributed by atoms with Crippen LogP contribution in [0.15, 0.2) is 0 Å². The first-order valence-corrected chi connectivity index (χ1v) is 5.93. The molecule has 4 nitrogen and oxygen atoms in total. The summed E-state index contributed by atoms with van der Waals surface area (Å²) in [5.74, 6) is -3.77. The highest BCUT2D eigenvalue weighted by molar-refractivity contribution is 5.74. The van der Waals surface area contributed by atoms with Crippen LogP contribution in [0.4, 0.5) is 4.39 Å². The normalized spacial score (nSPS) is 20.4. The maximum Gasteiger partial charge on any atom is 0.312 e. The molecule has 0 N–H and O–H groups in total. The lowest BCUT2D eigenvalue weighted by Gasteiger charge is -2.25. The van der Waals surface area contributed by atoms with Gasteiger partial charge in [0.15, 0.2) is 0 Å². The predicted molar refractivity (Wildman–Crippen MR) is 58.8 cm³/mol. The second-order valence-electron chi connectivity index (χ2n) is 4.61. The number of rotatable bonds is 4. The molecule has 0 aromatic heterocycles. The summed E-state index contributed by atoms with van der Waals surface area (Å²) >= 11 is 0. The molecule has 0 amide bonds. The summed E-state index contributed by atoms with van der Waals surface area (Å²) in [5, 5.41) is 0. The predicted octanol–water partition coefficient (Wildman–Crippen LogP) is 2.36. The van der Waals surface area contributed by atoms with Crippen LogP contribution in [-0.2, 0) is 19.1 Å². The zero-order valence-electron chi connectivity index (χ0n) is 10.3. The average Bonchev–Trinajstić information content (AvgIpc) is 2.28. The van der Waals surface area contributed by atoms with Gasteiger partial charge in [0.05, 0.1) is 13.0 Å². The van der Waals surface area contributed by atoms with Gasteiger partial charge in [-0.1, -0.05) is 19.3 Å². The fourth-order valence-corrected chi connectivity index (χ4v) is 2.00. The number of carbonyl (C=O) groups is 2. The lowest BCUT2D eigenvalue weighted by Crippen LogP contribution is -2.33. The van der Waals surface area contributed by atoms with Crippen LogP contribution in [0.2, 0.25) is 0 Å². The molecular weight excluding hydrogens is 227 g/mol. The maximum absolute atomic E-state index is 13.8. The van der Waals surface area contributed by atoms with Gasteiger partial charge in [-0.25, -0.2) is 0 Å². The molecule has 0 heterocycles. The highest BCUT2D eigenvalue weighted by Crippen LogP contribution is 2.28. The Bertz CT molecular complexity index is 282. The van der Waals surface area contributed by atoms with E-state index in [2.05, 4.69) is 4.74 Å². The highest BCUT2D eigenvalue weighted by atomic mass is 19.2. The lowest BCUT2D eigenvalue weighted by atomic mass is 9.89. The van der Waals surface area contributed by atoms with E-state index in [1.54, 1.807) is 0 Å². The molecule has 1 fully saturated rings. The van der Waals surface area contributed by atoms with E-state index >= 15 is 0 Å². The van der Waals surface area contributed by atoms with E-state index in [1.165, 1.54) is 7.11 Å². The summed E-state index contributed by atoms with van der Waals surface area (Å²) in [5.41, 5.74) is 0. The molecule has 1 saturated carbocycles. The smallest absolute Gasteiger partial charge is 0.312 e. The number of methoxy groups -OCH3 is 1. The van der Waals surface area contributed by atoms with E-state index in [0.717, 1.165) is 39.0 Å². The minimum absolute atomic E-state index is 0.225. The Labute approximate surface area is 100 Å². The number of halogens is 1. The molecule has 0 radical (unpaired) electrons. The summed E-state index contributed by atoms with van der Waals surface area (Å²) in [4.78, 5) is 22.6. The molecule has 1 rings (SSSR count). The van der Waals surface area contributed by atoms with Gasteiger partial charge in [0, 0.05) is 6.92 Å². The van der Waals surface area contributed by atoms with Gasteiger partial charge < -0.3 is 9.47 Å². The first-order chi connectivity index (χ1) is 7.94.